The fourth-order valence-corrected chi connectivity index (χ4v) is 4.82. The molecule has 3 aromatic heterocycles. The maximum Gasteiger partial charge on any atom is 0.247 e. The van der Waals surface area contributed by atoms with Crippen LogP contribution >= 0.6 is 0 Å². The van der Waals surface area contributed by atoms with Crippen LogP contribution in [0.1, 0.15) is 24.8 Å². The minimum absolute atomic E-state index is 0.592. The average Bonchev–Trinajstić information content (AvgIpc) is 3.67. The summed E-state index contributed by atoms with van der Waals surface area (Å²) in [6, 6.07) is 23.1. The summed E-state index contributed by atoms with van der Waals surface area (Å²) in [5.74, 6) is 0.592. The Morgan fingerprint density at radius 1 is 0.857 bits per heavy atom. The third kappa shape index (κ3) is 4.81. The molecule has 176 valence electrons. The molecule has 2 aromatic carbocycles. The summed E-state index contributed by atoms with van der Waals surface area (Å²) in [4.78, 5) is 7.27. The fraction of sp³-hybridized carbons (Fsp3) is 0.250. The van der Waals surface area contributed by atoms with E-state index in [1.807, 2.05) is 29.0 Å². The number of aryl methyl sites for hydroxylation is 1. The van der Waals surface area contributed by atoms with Crippen LogP contribution in [0.3, 0.4) is 0 Å². The van der Waals surface area contributed by atoms with Crippen molar-refractivity contribution >= 4 is 17.3 Å². The standard InChI is InChI=1S/C28H29N7/c1-2-17-34(16-1)18-4-5-21-8-14-25(15-9-21)31-28-32-27-7-3-6-26(35(27)33-28)23-12-10-22(11-13-23)24-19-29-30-20-24/h3,6-15,19-20H,1-2,4-5,16-18H2,(H,29,30)(H,31,33). The third-order valence-electron chi connectivity index (χ3n) is 6.72. The molecule has 4 heterocycles. The highest BCUT2D eigenvalue weighted by molar-refractivity contribution is 5.69. The van der Waals surface area contributed by atoms with Crippen molar-refractivity contribution in [3.8, 4) is 22.4 Å². The second-order valence-electron chi connectivity index (χ2n) is 9.15. The maximum absolute atomic E-state index is 4.75. The molecule has 0 bridgehead atoms. The maximum atomic E-state index is 4.75. The molecule has 5 aromatic rings. The van der Waals surface area contributed by atoms with Crippen LogP contribution in [0.25, 0.3) is 28.0 Å². The van der Waals surface area contributed by atoms with Gasteiger partial charge in [0.15, 0.2) is 5.65 Å². The number of hydrogen-bond acceptors (Lipinski definition) is 5. The smallest absolute Gasteiger partial charge is 0.247 e. The van der Waals surface area contributed by atoms with E-state index < -0.39 is 0 Å². The normalized spacial score (nSPS) is 14.1. The summed E-state index contributed by atoms with van der Waals surface area (Å²) < 4.78 is 1.89. The molecule has 7 heteroatoms. The molecule has 1 aliphatic heterocycles. The lowest BCUT2D eigenvalue weighted by atomic mass is 10.1. The topological polar surface area (TPSA) is 74.1 Å². The van der Waals surface area contributed by atoms with E-state index in [9.17, 15) is 0 Å². The molecule has 0 unspecified atom stereocenters. The molecular formula is C28H29N7. The largest absolute Gasteiger partial charge is 0.323 e. The summed E-state index contributed by atoms with van der Waals surface area (Å²) in [5, 5.41) is 15.0. The van der Waals surface area contributed by atoms with Crippen molar-refractivity contribution in [2.24, 2.45) is 0 Å². The molecule has 35 heavy (non-hydrogen) atoms. The zero-order valence-electron chi connectivity index (χ0n) is 19.7. The second-order valence-corrected chi connectivity index (χ2v) is 9.15. The molecule has 1 saturated heterocycles. The van der Waals surface area contributed by atoms with Crippen LogP contribution in [0, 0.1) is 0 Å². The first-order chi connectivity index (χ1) is 17.3. The van der Waals surface area contributed by atoms with E-state index in [-0.39, 0.29) is 0 Å². The van der Waals surface area contributed by atoms with Gasteiger partial charge in [-0.25, -0.2) is 4.52 Å². The quantitative estimate of drug-likeness (QED) is 0.315. The van der Waals surface area contributed by atoms with E-state index in [4.69, 9.17) is 10.1 Å². The van der Waals surface area contributed by atoms with Crippen LogP contribution in [-0.4, -0.2) is 49.3 Å². The number of rotatable bonds is 8. The Kier molecular flexibility index (Phi) is 5.99. The zero-order chi connectivity index (χ0) is 23.5. The predicted octanol–water partition coefficient (Wildman–Crippen LogP) is 5.56. The van der Waals surface area contributed by atoms with Gasteiger partial charge >= 0.3 is 0 Å². The first-order valence-electron chi connectivity index (χ1n) is 12.4. The second kappa shape index (κ2) is 9.72. The number of pyridine rings is 1. The van der Waals surface area contributed by atoms with Crippen LogP contribution < -0.4 is 5.32 Å². The zero-order valence-corrected chi connectivity index (χ0v) is 19.7. The van der Waals surface area contributed by atoms with E-state index in [0.717, 1.165) is 40.1 Å². The fourth-order valence-electron chi connectivity index (χ4n) is 4.82. The average molecular weight is 464 g/mol. The molecule has 2 N–H and O–H groups in total. The monoisotopic (exact) mass is 463 g/mol. The minimum Gasteiger partial charge on any atom is -0.323 e. The van der Waals surface area contributed by atoms with Crippen molar-refractivity contribution in [3.05, 3.63) is 84.7 Å². The van der Waals surface area contributed by atoms with Crippen molar-refractivity contribution in [1.82, 2.24) is 29.7 Å². The molecule has 0 atom stereocenters. The lowest BCUT2D eigenvalue weighted by Crippen LogP contribution is -2.20. The minimum atomic E-state index is 0.592. The molecule has 7 nitrogen and oxygen atoms in total. The molecule has 0 saturated carbocycles. The SMILES string of the molecule is c1cc(-c2ccc(-c3cn[nH]c3)cc2)n2nc(Nc3ccc(CCCN4CCCC4)cc3)nc2c1. The van der Waals surface area contributed by atoms with Crippen molar-refractivity contribution < 1.29 is 0 Å². The van der Waals surface area contributed by atoms with Crippen LogP contribution in [0.15, 0.2) is 79.1 Å². The lowest BCUT2D eigenvalue weighted by molar-refractivity contribution is 0.334. The Hall–Kier alpha value is -3.97. The number of likely N-dealkylation sites (tertiary alicyclic amines) is 1. The number of fused-ring (bicyclic) bond motifs is 1. The van der Waals surface area contributed by atoms with Gasteiger partial charge in [-0.2, -0.15) is 10.1 Å². The Balaban J connectivity index is 1.15. The molecule has 6 rings (SSSR count). The van der Waals surface area contributed by atoms with Gasteiger partial charge in [0.25, 0.3) is 0 Å². The van der Waals surface area contributed by atoms with Crippen molar-refractivity contribution in [3.63, 3.8) is 0 Å². The van der Waals surface area contributed by atoms with Crippen molar-refractivity contribution in [2.75, 3.05) is 25.0 Å². The van der Waals surface area contributed by atoms with E-state index in [1.165, 1.54) is 44.5 Å². The molecule has 0 amide bonds. The first kappa shape index (κ1) is 21.6. The highest BCUT2D eigenvalue weighted by atomic mass is 15.4. The van der Waals surface area contributed by atoms with Gasteiger partial charge in [-0.1, -0.05) is 42.5 Å². The van der Waals surface area contributed by atoms with Crippen LogP contribution in [0.2, 0.25) is 0 Å². The summed E-state index contributed by atoms with van der Waals surface area (Å²) in [6.07, 6.45) is 8.77. The summed E-state index contributed by atoms with van der Waals surface area (Å²) in [6.45, 7) is 3.75. The van der Waals surface area contributed by atoms with Gasteiger partial charge < -0.3 is 10.2 Å². The number of nitrogens with zero attached hydrogens (tertiary/aromatic N) is 5. The van der Waals surface area contributed by atoms with Gasteiger partial charge in [0, 0.05) is 23.0 Å². The van der Waals surface area contributed by atoms with Crippen molar-refractivity contribution in [1.29, 1.82) is 0 Å². The van der Waals surface area contributed by atoms with Crippen LogP contribution in [0.5, 0.6) is 0 Å². The van der Waals surface area contributed by atoms with E-state index in [0.29, 0.717) is 5.95 Å². The Labute approximate surface area is 204 Å². The number of nitrogens with one attached hydrogen (secondary N) is 2. The summed E-state index contributed by atoms with van der Waals surface area (Å²) in [5.41, 5.74) is 7.44. The summed E-state index contributed by atoms with van der Waals surface area (Å²) >= 11 is 0. The van der Waals surface area contributed by atoms with Crippen LogP contribution in [-0.2, 0) is 6.42 Å². The Bertz CT molecular complexity index is 1380. The Morgan fingerprint density at radius 3 is 2.43 bits per heavy atom. The number of benzene rings is 2. The molecule has 1 aliphatic rings. The lowest BCUT2D eigenvalue weighted by Gasteiger charge is -2.14. The molecule has 0 aliphatic carbocycles. The van der Waals surface area contributed by atoms with Gasteiger partial charge in [0.1, 0.15) is 0 Å². The van der Waals surface area contributed by atoms with Gasteiger partial charge in [0.05, 0.1) is 11.9 Å². The molecule has 0 radical (unpaired) electrons. The van der Waals surface area contributed by atoms with Gasteiger partial charge in [-0.05, 0) is 80.7 Å². The van der Waals surface area contributed by atoms with Gasteiger partial charge in [-0.15, -0.1) is 5.10 Å². The van der Waals surface area contributed by atoms with Crippen LogP contribution in [0.4, 0.5) is 11.6 Å². The molecule has 0 spiro atoms. The van der Waals surface area contributed by atoms with Gasteiger partial charge in [0.2, 0.25) is 5.95 Å². The Morgan fingerprint density at radius 2 is 1.66 bits per heavy atom. The number of aromatic nitrogens is 5. The number of hydrogen-bond donors (Lipinski definition) is 2. The van der Waals surface area contributed by atoms with Gasteiger partial charge in [-0.3, -0.25) is 5.10 Å². The number of aromatic amines is 1. The predicted molar refractivity (Wildman–Crippen MR) is 140 cm³/mol. The third-order valence-corrected chi connectivity index (χ3v) is 6.72. The highest BCUT2D eigenvalue weighted by Crippen LogP contribution is 2.25. The molecule has 1 fully saturated rings. The van der Waals surface area contributed by atoms with E-state index in [2.05, 4.69) is 75.0 Å². The summed E-state index contributed by atoms with van der Waals surface area (Å²) in [7, 11) is 0. The number of anilines is 2. The molecular weight excluding hydrogens is 434 g/mol. The van der Waals surface area contributed by atoms with E-state index in [1.54, 1.807) is 0 Å². The first-order valence-corrected chi connectivity index (χ1v) is 12.4. The van der Waals surface area contributed by atoms with Crippen molar-refractivity contribution in [2.45, 2.75) is 25.7 Å². The highest BCUT2D eigenvalue weighted by Gasteiger charge is 2.11. The number of H-pyrrole nitrogens is 1. The van der Waals surface area contributed by atoms with E-state index >= 15 is 0 Å².